The minimum Gasteiger partial charge on any atom is -0.344 e. The highest BCUT2D eigenvalue weighted by molar-refractivity contribution is 7.99. The summed E-state index contributed by atoms with van der Waals surface area (Å²) in [6, 6.07) is 17.6. The first-order valence-electron chi connectivity index (χ1n) is 11.5. The molecule has 0 aliphatic carbocycles. The molecule has 0 fully saturated rings. The van der Waals surface area contributed by atoms with Crippen LogP contribution in [0.5, 0.6) is 0 Å². The molecule has 0 saturated carbocycles. The van der Waals surface area contributed by atoms with E-state index in [0.717, 1.165) is 28.8 Å². The third-order valence-corrected chi connectivity index (χ3v) is 6.70. The molecule has 2 heterocycles. The topological polar surface area (TPSA) is 68.9 Å². The zero-order valence-electron chi connectivity index (χ0n) is 20.0. The fourth-order valence-electron chi connectivity index (χ4n) is 3.84. The molecule has 0 aliphatic heterocycles. The number of nitrogens with zero attached hydrogens (tertiary/aromatic N) is 3. The summed E-state index contributed by atoms with van der Waals surface area (Å²) in [6.45, 7) is 6.84. The smallest absolute Gasteiger partial charge is 0.278 e. The van der Waals surface area contributed by atoms with Gasteiger partial charge in [-0.25, -0.2) is 4.98 Å². The molecule has 34 heavy (non-hydrogen) atoms. The van der Waals surface area contributed by atoms with Crippen molar-refractivity contribution >= 4 is 34.4 Å². The Labute approximate surface area is 204 Å². The van der Waals surface area contributed by atoms with E-state index in [1.54, 1.807) is 4.57 Å². The molecule has 0 spiro atoms. The van der Waals surface area contributed by atoms with Gasteiger partial charge in [0.1, 0.15) is 11.0 Å². The maximum absolute atomic E-state index is 13.6. The third kappa shape index (κ3) is 5.25. The van der Waals surface area contributed by atoms with Crippen molar-refractivity contribution in [2.45, 2.75) is 38.9 Å². The Hall–Kier alpha value is -3.32. The van der Waals surface area contributed by atoms with Gasteiger partial charge in [-0.1, -0.05) is 73.6 Å². The summed E-state index contributed by atoms with van der Waals surface area (Å²) in [4.78, 5) is 31.1. The van der Waals surface area contributed by atoms with Gasteiger partial charge in [-0.3, -0.25) is 14.2 Å². The molecule has 1 amide bonds. The summed E-state index contributed by atoms with van der Waals surface area (Å²) in [5.41, 5.74) is 4.99. The van der Waals surface area contributed by atoms with E-state index in [9.17, 15) is 9.59 Å². The van der Waals surface area contributed by atoms with Crippen LogP contribution in [-0.4, -0.2) is 25.8 Å². The number of amides is 1. The number of anilines is 1. The average Bonchev–Trinajstić information content (AvgIpc) is 3.15. The Kier molecular flexibility index (Phi) is 7.22. The first-order chi connectivity index (χ1) is 16.3. The van der Waals surface area contributed by atoms with Crippen molar-refractivity contribution in [1.29, 1.82) is 0 Å². The number of hydrogen-bond donors (Lipinski definition) is 1. The number of rotatable bonds is 8. The van der Waals surface area contributed by atoms with Crippen LogP contribution in [0.25, 0.3) is 22.2 Å². The molecule has 0 saturated heterocycles. The second kappa shape index (κ2) is 10.3. The molecule has 7 heteroatoms. The Bertz CT molecular complexity index is 1360. The zero-order valence-corrected chi connectivity index (χ0v) is 20.9. The second-order valence-electron chi connectivity index (χ2n) is 8.95. The maximum atomic E-state index is 13.6. The molecule has 0 radical (unpaired) electrons. The fraction of sp³-hybridized carbons (Fsp3) is 0.296. The summed E-state index contributed by atoms with van der Waals surface area (Å²) >= 11 is 1.30. The molecule has 2 aromatic heterocycles. The number of fused-ring (bicyclic) bond motifs is 1. The van der Waals surface area contributed by atoms with Crippen molar-refractivity contribution in [3.05, 3.63) is 76.7 Å². The quantitative estimate of drug-likeness (QED) is 0.271. The lowest BCUT2D eigenvalue weighted by Gasteiger charge is -2.14. The number of aromatic nitrogens is 3. The average molecular weight is 475 g/mol. The van der Waals surface area contributed by atoms with Crippen LogP contribution in [0, 0.1) is 12.8 Å². The van der Waals surface area contributed by atoms with Gasteiger partial charge in [0.2, 0.25) is 5.91 Å². The van der Waals surface area contributed by atoms with Crippen LogP contribution in [0.2, 0.25) is 0 Å². The lowest BCUT2D eigenvalue weighted by Crippen LogP contribution is -2.26. The molecule has 4 aromatic rings. The molecule has 2 aromatic carbocycles. The molecular formula is C27H30N4O2S. The molecule has 0 atom stereocenters. The van der Waals surface area contributed by atoms with E-state index in [0.29, 0.717) is 28.7 Å². The summed E-state index contributed by atoms with van der Waals surface area (Å²) in [6.07, 6.45) is 2.81. The van der Waals surface area contributed by atoms with E-state index in [1.165, 1.54) is 11.8 Å². The molecule has 1 N–H and O–H groups in total. The Morgan fingerprint density at radius 3 is 2.47 bits per heavy atom. The monoisotopic (exact) mass is 474 g/mol. The van der Waals surface area contributed by atoms with E-state index in [2.05, 4.69) is 19.2 Å². The van der Waals surface area contributed by atoms with Gasteiger partial charge >= 0.3 is 0 Å². The number of carbonyl (C=O) groups is 1. The van der Waals surface area contributed by atoms with Crippen molar-refractivity contribution in [1.82, 2.24) is 14.1 Å². The van der Waals surface area contributed by atoms with Crippen molar-refractivity contribution in [2.75, 3.05) is 11.1 Å². The summed E-state index contributed by atoms with van der Waals surface area (Å²) < 4.78 is 3.58. The molecule has 0 unspecified atom stereocenters. The summed E-state index contributed by atoms with van der Waals surface area (Å²) in [5, 5.41) is 3.49. The molecule has 4 rings (SSSR count). The van der Waals surface area contributed by atoms with Crippen LogP contribution in [-0.2, 0) is 18.4 Å². The van der Waals surface area contributed by atoms with Gasteiger partial charge in [0, 0.05) is 31.0 Å². The van der Waals surface area contributed by atoms with Crippen LogP contribution in [0.15, 0.2) is 70.7 Å². The number of hydrogen-bond acceptors (Lipinski definition) is 4. The lowest BCUT2D eigenvalue weighted by atomic mass is 10.1. The van der Waals surface area contributed by atoms with Crippen molar-refractivity contribution in [3.8, 4) is 11.1 Å². The van der Waals surface area contributed by atoms with Gasteiger partial charge in [-0.15, -0.1) is 0 Å². The van der Waals surface area contributed by atoms with Crippen molar-refractivity contribution in [2.24, 2.45) is 13.0 Å². The van der Waals surface area contributed by atoms with E-state index in [4.69, 9.17) is 4.98 Å². The number of carbonyl (C=O) groups excluding carboxylic acids is 1. The van der Waals surface area contributed by atoms with Gasteiger partial charge in [0.25, 0.3) is 5.56 Å². The van der Waals surface area contributed by atoms with Gasteiger partial charge in [0.15, 0.2) is 5.16 Å². The van der Waals surface area contributed by atoms with E-state index in [-0.39, 0.29) is 17.2 Å². The molecule has 176 valence electrons. The largest absolute Gasteiger partial charge is 0.344 e. The molecule has 0 bridgehead atoms. The van der Waals surface area contributed by atoms with Gasteiger partial charge in [-0.2, -0.15) is 0 Å². The number of thioether (sulfide) groups is 1. The normalized spacial score (nSPS) is 11.3. The van der Waals surface area contributed by atoms with Crippen LogP contribution in [0.3, 0.4) is 0 Å². The highest BCUT2D eigenvalue weighted by Gasteiger charge is 2.19. The molecular weight excluding hydrogens is 444 g/mol. The SMILES string of the molecule is Cc1ccc(NC(=O)CSc2nc3c(-c4ccccc4)cn(C)c3c(=O)n2CCC(C)C)cc1. The highest BCUT2D eigenvalue weighted by Crippen LogP contribution is 2.29. The summed E-state index contributed by atoms with van der Waals surface area (Å²) in [5.74, 6) is 0.481. The van der Waals surface area contributed by atoms with Crippen LogP contribution < -0.4 is 10.9 Å². The van der Waals surface area contributed by atoms with E-state index in [1.807, 2.05) is 79.3 Å². The number of nitrogens with one attached hydrogen (secondary N) is 1. The predicted molar refractivity (Wildman–Crippen MR) is 140 cm³/mol. The zero-order chi connectivity index (χ0) is 24.2. The Morgan fingerprint density at radius 2 is 1.79 bits per heavy atom. The highest BCUT2D eigenvalue weighted by atomic mass is 32.2. The lowest BCUT2D eigenvalue weighted by molar-refractivity contribution is -0.113. The first-order valence-corrected chi connectivity index (χ1v) is 12.5. The van der Waals surface area contributed by atoms with E-state index < -0.39 is 0 Å². The van der Waals surface area contributed by atoms with E-state index >= 15 is 0 Å². The molecule has 0 aliphatic rings. The van der Waals surface area contributed by atoms with Crippen molar-refractivity contribution < 1.29 is 4.79 Å². The van der Waals surface area contributed by atoms with Crippen LogP contribution >= 0.6 is 11.8 Å². The standard InChI is InChI=1S/C27H30N4O2S/c1-18(2)14-15-31-26(33)25-24(22(16-30(25)4)20-8-6-5-7-9-20)29-27(31)34-17-23(32)28-21-12-10-19(3)11-13-21/h5-13,16,18H,14-15,17H2,1-4H3,(H,28,32). The third-order valence-electron chi connectivity index (χ3n) is 5.72. The van der Waals surface area contributed by atoms with Gasteiger partial charge < -0.3 is 9.88 Å². The van der Waals surface area contributed by atoms with Gasteiger partial charge in [0.05, 0.1) is 5.75 Å². The number of aryl methyl sites for hydroxylation is 2. The predicted octanol–water partition coefficient (Wildman–Crippen LogP) is 5.49. The first kappa shape index (κ1) is 23.8. The van der Waals surface area contributed by atoms with Crippen LogP contribution in [0.4, 0.5) is 5.69 Å². The van der Waals surface area contributed by atoms with Crippen molar-refractivity contribution in [3.63, 3.8) is 0 Å². The number of benzene rings is 2. The fourth-order valence-corrected chi connectivity index (χ4v) is 4.66. The minimum atomic E-state index is -0.130. The molecule has 6 nitrogen and oxygen atoms in total. The Morgan fingerprint density at radius 1 is 1.09 bits per heavy atom. The Balaban J connectivity index is 1.69. The summed E-state index contributed by atoms with van der Waals surface area (Å²) in [7, 11) is 1.88. The van der Waals surface area contributed by atoms with Gasteiger partial charge in [-0.05, 0) is 37.0 Å². The van der Waals surface area contributed by atoms with Crippen LogP contribution in [0.1, 0.15) is 25.8 Å². The maximum Gasteiger partial charge on any atom is 0.278 e. The minimum absolute atomic E-state index is 0.0724. The second-order valence-corrected chi connectivity index (χ2v) is 9.90.